The van der Waals surface area contributed by atoms with Gasteiger partial charge in [-0.25, -0.2) is 0 Å². The number of carbonyl (C=O) groups is 1. The van der Waals surface area contributed by atoms with E-state index in [1.807, 2.05) is 0 Å². The van der Waals surface area contributed by atoms with Gasteiger partial charge in [0.1, 0.15) is 0 Å². The number of likely N-dealkylation sites (N-methyl/N-ethyl adjacent to an activating group) is 2. The third-order valence-corrected chi connectivity index (χ3v) is 4.76. The topological polar surface area (TPSA) is 23.6 Å². The van der Waals surface area contributed by atoms with Crippen molar-refractivity contribution in [1.29, 1.82) is 0 Å². The van der Waals surface area contributed by atoms with Crippen LogP contribution in [-0.2, 0) is 4.79 Å². The van der Waals surface area contributed by atoms with Crippen molar-refractivity contribution < 1.29 is 4.79 Å². The summed E-state index contributed by atoms with van der Waals surface area (Å²) in [5, 5.41) is 0. The Morgan fingerprint density at radius 1 is 1.00 bits per heavy atom. The minimum absolute atomic E-state index is 0.131. The first kappa shape index (κ1) is 14.0. The van der Waals surface area contributed by atoms with E-state index in [4.69, 9.17) is 0 Å². The normalized spacial score (nSPS) is 39.8. The molecule has 0 aromatic carbocycles. The summed E-state index contributed by atoms with van der Waals surface area (Å²) < 4.78 is 0. The summed E-state index contributed by atoms with van der Waals surface area (Å²) in [5.41, 5.74) is 0. The number of rotatable bonds is 2. The van der Waals surface area contributed by atoms with Crippen LogP contribution in [0.1, 0.15) is 33.1 Å². The molecule has 2 rings (SSSR count). The molecule has 3 atom stereocenters. The fourth-order valence-corrected chi connectivity index (χ4v) is 3.77. The highest BCUT2D eigenvalue weighted by atomic mass is 16.1. The average Bonchev–Trinajstić information content (AvgIpc) is 2.30. The van der Waals surface area contributed by atoms with Crippen LogP contribution in [0.15, 0.2) is 0 Å². The zero-order chi connectivity index (χ0) is 13.3. The highest BCUT2D eigenvalue weighted by Gasteiger charge is 2.36. The lowest BCUT2D eigenvalue weighted by atomic mass is 9.73. The molecule has 2 fully saturated rings. The van der Waals surface area contributed by atoms with E-state index in [2.05, 4.69) is 37.7 Å². The summed E-state index contributed by atoms with van der Waals surface area (Å²) in [5.74, 6) is 2.24. The molecule has 3 heteroatoms. The van der Waals surface area contributed by atoms with Crippen molar-refractivity contribution >= 4 is 5.78 Å². The molecule has 0 spiro atoms. The SMILES string of the molecule is CC1CC(C)CC(C(=O)C2CN(C)CCN2C)C1. The second-order valence-corrected chi connectivity index (χ2v) is 6.78. The van der Waals surface area contributed by atoms with Crippen LogP contribution in [-0.4, -0.2) is 55.4 Å². The average molecular weight is 252 g/mol. The molecule has 1 saturated heterocycles. The van der Waals surface area contributed by atoms with Gasteiger partial charge in [-0.05, 0) is 45.2 Å². The Hall–Kier alpha value is -0.410. The predicted molar refractivity (Wildman–Crippen MR) is 74.6 cm³/mol. The first-order valence-corrected chi connectivity index (χ1v) is 7.40. The molecule has 3 nitrogen and oxygen atoms in total. The van der Waals surface area contributed by atoms with E-state index in [9.17, 15) is 4.79 Å². The third-order valence-electron chi connectivity index (χ3n) is 4.76. The summed E-state index contributed by atoms with van der Waals surface area (Å²) in [6.45, 7) is 7.61. The van der Waals surface area contributed by atoms with Crippen LogP contribution in [0.5, 0.6) is 0 Å². The lowest BCUT2D eigenvalue weighted by Crippen LogP contribution is -2.55. The van der Waals surface area contributed by atoms with Gasteiger partial charge in [0, 0.05) is 25.6 Å². The van der Waals surface area contributed by atoms with Gasteiger partial charge < -0.3 is 4.90 Å². The van der Waals surface area contributed by atoms with E-state index in [-0.39, 0.29) is 6.04 Å². The van der Waals surface area contributed by atoms with Gasteiger partial charge in [-0.15, -0.1) is 0 Å². The van der Waals surface area contributed by atoms with Crippen molar-refractivity contribution in [3.05, 3.63) is 0 Å². The minimum Gasteiger partial charge on any atom is -0.303 e. The van der Waals surface area contributed by atoms with Gasteiger partial charge in [0.15, 0.2) is 5.78 Å². The van der Waals surface area contributed by atoms with Crippen molar-refractivity contribution in [2.45, 2.75) is 39.2 Å². The number of hydrogen-bond donors (Lipinski definition) is 0. The maximum absolute atomic E-state index is 12.7. The number of Topliss-reactive ketones (excluding diaryl/α,β-unsaturated/α-hetero) is 1. The molecule has 18 heavy (non-hydrogen) atoms. The standard InChI is InChI=1S/C15H28N2O/c1-11-7-12(2)9-13(8-11)15(18)14-10-16(3)5-6-17(14)4/h11-14H,5-10H2,1-4H3. The van der Waals surface area contributed by atoms with Crippen LogP contribution in [0.2, 0.25) is 0 Å². The fraction of sp³-hybridized carbons (Fsp3) is 0.933. The monoisotopic (exact) mass is 252 g/mol. The maximum Gasteiger partial charge on any atom is 0.154 e. The zero-order valence-corrected chi connectivity index (χ0v) is 12.4. The Balaban J connectivity index is 2.01. The first-order chi connectivity index (χ1) is 8.47. The molecule has 1 aliphatic heterocycles. The van der Waals surface area contributed by atoms with Crippen LogP contribution in [0.25, 0.3) is 0 Å². The minimum atomic E-state index is 0.131. The van der Waals surface area contributed by atoms with E-state index < -0.39 is 0 Å². The summed E-state index contributed by atoms with van der Waals surface area (Å²) in [4.78, 5) is 17.3. The van der Waals surface area contributed by atoms with Gasteiger partial charge in [0.25, 0.3) is 0 Å². The van der Waals surface area contributed by atoms with Crippen molar-refractivity contribution in [3.63, 3.8) is 0 Å². The van der Waals surface area contributed by atoms with Crippen LogP contribution in [0.4, 0.5) is 0 Å². The molecule has 0 aromatic heterocycles. The lowest BCUT2D eigenvalue weighted by Gasteiger charge is -2.40. The second kappa shape index (κ2) is 5.70. The van der Waals surface area contributed by atoms with Crippen molar-refractivity contribution in [3.8, 4) is 0 Å². The van der Waals surface area contributed by atoms with E-state index in [1.165, 1.54) is 6.42 Å². The molecule has 0 radical (unpaired) electrons. The molecule has 0 aromatic rings. The van der Waals surface area contributed by atoms with Gasteiger partial charge >= 0.3 is 0 Å². The van der Waals surface area contributed by atoms with Gasteiger partial charge in [-0.2, -0.15) is 0 Å². The van der Waals surface area contributed by atoms with Crippen molar-refractivity contribution in [1.82, 2.24) is 9.80 Å². The largest absolute Gasteiger partial charge is 0.303 e. The molecule has 3 unspecified atom stereocenters. The summed E-state index contributed by atoms with van der Waals surface area (Å²) in [6, 6.07) is 0.131. The summed E-state index contributed by atoms with van der Waals surface area (Å²) in [7, 11) is 4.23. The van der Waals surface area contributed by atoms with E-state index in [0.717, 1.165) is 32.5 Å². The van der Waals surface area contributed by atoms with Crippen LogP contribution in [0.3, 0.4) is 0 Å². The van der Waals surface area contributed by atoms with Crippen molar-refractivity contribution in [2.75, 3.05) is 33.7 Å². The number of nitrogens with zero attached hydrogens (tertiary/aromatic N) is 2. The highest BCUT2D eigenvalue weighted by molar-refractivity contribution is 5.86. The molecular weight excluding hydrogens is 224 g/mol. The Labute approximate surface area is 112 Å². The van der Waals surface area contributed by atoms with E-state index >= 15 is 0 Å². The Morgan fingerprint density at radius 2 is 1.61 bits per heavy atom. The smallest absolute Gasteiger partial charge is 0.154 e. The molecule has 2 aliphatic rings. The fourth-order valence-electron chi connectivity index (χ4n) is 3.77. The van der Waals surface area contributed by atoms with Crippen LogP contribution >= 0.6 is 0 Å². The van der Waals surface area contributed by atoms with Gasteiger partial charge in [0.05, 0.1) is 6.04 Å². The van der Waals surface area contributed by atoms with Gasteiger partial charge in [0.2, 0.25) is 0 Å². The van der Waals surface area contributed by atoms with Crippen molar-refractivity contribution in [2.24, 2.45) is 17.8 Å². The molecule has 0 N–H and O–H groups in total. The quantitative estimate of drug-likeness (QED) is 0.749. The highest BCUT2D eigenvalue weighted by Crippen LogP contribution is 2.34. The number of hydrogen-bond acceptors (Lipinski definition) is 3. The van der Waals surface area contributed by atoms with Crippen LogP contribution in [0, 0.1) is 17.8 Å². The first-order valence-electron chi connectivity index (χ1n) is 7.40. The lowest BCUT2D eigenvalue weighted by molar-refractivity contribution is -0.131. The number of carbonyl (C=O) groups excluding carboxylic acids is 1. The third kappa shape index (κ3) is 3.12. The maximum atomic E-state index is 12.7. The van der Waals surface area contributed by atoms with E-state index in [1.54, 1.807) is 0 Å². The Kier molecular flexibility index (Phi) is 4.44. The summed E-state index contributed by atoms with van der Waals surface area (Å²) >= 11 is 0. The molecule has 0 amide bonds. The molecule has 1 aliphatic carbocycles. The Bertz CT molecular complexity index is 295. The second-order valence-electron chi connectivity index (χ2n) is 6.78. The zero-order valence-electron chi connectivity index (χ0n) is 12.4. The molecular formula is C15H28N2O. The molecule has 1 heterocycles. The van der Waals surface area contributed by atoms with Gasteiger partial charge in [-0.3, -0.25) is 9.69 Å². The van der Waals surface area contributed by atoms with E-state index in [0.29, 0.717) is 23.5 Å². The molecule has 104 valence electrons. The molecule has 1 saturated carbocycles. The number of ketones is 1. The number of piperazine rings is 1. The molecule has 0 bridgehead atoms. The van der Waals surface area contributed by atoms with Gasteiger partial charge in [-0.1, -0.05) is 13.8 Å². The van der Waals surface area contributed by atoms with Crippen LogP contribution < -0.4 is 0 Å². The predicted octanol–water partition coefficient (Wildman–Crippen LogP) is 1.87. The Morgan fingerprint density at radius 3 is 2.22 bits per heavy atom. The summed E-state index contributed by atoms with van der Waals surface area (Å²) in [6.07, 6.45) is 3.51.